The summed E-state index contributed by atoms with van der Waals surface area (Å²) in [6, 6.07) is 20.8. The van der Waals surface area contributed by atoms with Crippen molar-refractivity contribution < 1.29 is 0 Å². The van der Waals surface area contributed by atoms with E-state index in [0.717, 1.165) is 59.8 Å². The lowest BCUT2D eigenvalue weighted by molar-refractivity contribution is 0.553. The SMILES string of the molecule is c1ccc(CCSC2=Nc3c(cnn3-c3ccccc3)C3=NCCCN23)cc1. The minimum Gasteiger partial charge on any atom is -0.305 e. The van der Waals surface area contributed by atoms with Gasteiger partial charge in [0.25, 0.3) is 0 Å². The van der Waals surface area contributed by atoms with E-state index in [1.165, 1.54) is 5.56 Å². The largest absolute Gasteiger partial charge is 0.305 e. The smallest absolute Gasteiger partial charge is 0.171 e. The van der Waals surface area contributed by atoms with Crippen molar-refractivity contribution in [3.05, 3.63) is 78.0 Å². The van der Waals surface area contributed by atoms with E-state index in [1.807, 2.05) is 29.1 Å². The van der Waals surface area contributed by atoms with Crippen LogP contribution in [0.2, 0.25) is 0 Å². The second-order valence-electron chi connectivity index (χ2n) is 6.82. The molecule has 1 aromatic heterocycles. The third-order valence-corrected chi connectivity index (χ3v) is 5.92. The first-order valence-corrected chi connectivity index (χ1v) is 10.6. The van der Waals surface area contributed by atoms with Gasteiger partial charge in [-0.05, 0) is 30.5 Å². The Kier molecular flexibility index (Phi) is 4.71. The van der Waals surface area contributed by atoms with Crippen LogP contribution in [-0.2, 0) is 6.42 Å². The molecule has 0 fully saturated rings. The number of amidine groups is 2. The molecule has 0 saturated carbocycles. The number of aryl methyl sites for hydroxylation is 1. The van der Waals surface area contributed by atoms with E-state index >= 15 is 0 Å². The van der Waals surface area contributed by atoms with Gasteiger partial charge in [0.05, 0.1) is 17.4 Å². The topological polar surface area (TPSA) is 45.8 Å². The van der Waals surface area contributed by atoms with Crippen LogP contribution in [0.5, 0.6) is 0 Å². The Bertz CT molecular complexity index is 1020. The predicted octanol–water partition coefficient (Wildman–Crippen LogP) is 4.30. The molecule has 2 aliphatic rings. The Morgan fingerprint density at radius 3 is 2.57 bits per heavy atom. The van der Waals surface area contributed by atoms with Gasteiger partial charge in [-0.1, -0.05) is 60.3 Å². The van der Waals surface area contributed by atoms with Crippen molar-refractivity contribution >= 4 is 28.6 Å². The highest BCUT2D eigenvalue weighted by atomic mass is 32.2. The molecule has 3 aromatic rings. The molecule has 2 aliphatic heterocycles. The third-order valence-electron chi connectivity index (χ3n) is 4.94. The summed E-state index contributed by atoms with van der Waals surface area (Å²) in [6.45, 7) is 1.83. The van der Waals surface area contributed by atoms with E-state index < -0.39 is 0 Å². The zero-order valence-corrected chi connectivity index (χ0v) is 16.3. The fraction of sp³-hybridized carbons (Fsp3) is 0.227. The van der Waals surface area contributed by atoms with Gasteiger partial charge in [0.2, 0.25) is 0 Å². The summed E-state index contributed by atoms with van der Waals surface area (Å²) >= 11 is 1.80. The molecule has 0 N–H and O–H groups in total. The molecular formula is C22H21N5S. The van der Waals surface area contributed by atoms with Crippen molar-refractivity contribution in [3.8, 4) is 5.69 Å². The van der Waals surface area contributed by atoms with Gasteiger partial charge in [-0.3, -0.25) is 4.99 Å². The number of para-hydroxylation sites is 1. The average Bonchev–Trinajstić information content (AvgIpc) is 3.19. The van der Waals surface area contributed by atoms with E-state index in [1.54, 1.807) is 11.8 Å². The van der Waals surface area contributed by atoms with E-state index in [2.05, 4.69) is 52.5 Å². The first kappa shape index (κ1) is 17.3. The fourth-order valence-corrected chi connectivity index (χ4v) is 4.56. The molecule has 0 atom stereocenters. The van der Waals surface area contributed by atoms with Crippen LogP contribution in [0.1, 0.15) is 17.5 Å². The molecule has 0 unspecified atom stereocenters. The Hall–Kier alpha value is -2.86. The van der Waals surface area contributed by atoms with Gasteiger partial charge < -0.3 is 4.90 Å². The Balaban J connectivity index is 1.46. The summed E-state index contributed by atoms with van der Waals surface area (Å²) in [5.74, 6) is 2.88. The average molecular weight is 388 g/mol. The van der Waals surface area contributed by atoms with Gasteiger partial charge in [-0.15, -0.1) is 0 Å². The van der Waals surface area contributed by atoms with Gasteiger partial charge in [-0.25, -0.2) is 9.67 Å². The highest BCUT2D eigenvalue weighted by Gasteiger charge is 2.31. The summed E-state index contributed by atoms with van der Waals surface area (Å²) in [4.78, 5) is 12.1. The summed E-state index contributed by atoms with van der Waals surface area (Å²) in [7, 11) is 0. The van der Waals surface area contributed by atoms with Gasteiger partial charge >= 0.3 is 0 Å². The number of benzene rings is 2. The van der Waals surface area contributed by atoms with Crippen LogP contribution >= 0.6 is 11.8 Å². The quantitative estimate of drug-likeness (QED) is 0.670. The molecule has 0 spiro atoms. The number of nitrogens with zero attached hydrogens (tertiary/aromatic N) is 5. The summed E-state index contributed by atoms with van der Waals surface area (Å²) < 4.78 is 1.92. The molecule has 5 nitrogen and oxygen atoms in total. The van der Waals surface area contributed by atoms with Gasteiger partial charge in [0.15, 0.2) is 11.0 Å². The maximum Gasteiger partial charge on any atom is 0.171 e. The summed E-state index contributed by atoms with van der Waals surface area (Å²) in [6.07, 6.45) is 3.98. The second-order valence-corrected chi connectivity index (χ2v) is 7.88. The molecule has 5 rings (SSSR count). The first-order chi connectivity index (χ1) is 13.9. The summed E-state index contributed by atoms with van der Waals surface area (Å²) in [5.41, 5.74) is 3.40. The molecule has 0 radical (unpaired) electrons. The number of rotatable bonds is 4. The van der Waals surface area contributed by atoms with Crippen molar-refractivity contribution in [3.63, 3.8) is 0 Å². The van der Waals surface area contributed by atoms with E-state index in [4.69, 9.17) is 9.98 Å². The highest BCUT2D eigenvalue weighted by molar-refractivity contribution is 8.13. The number of aliphatic imine (C=N–C) groups is 2. The van der Waals surface area contributed by atoms with Crippen molar-refractivity contribution in [1.29, 1.82) is 0 Å². The Morgan fingerprint density at radius 2 is 1.75 bits per heavy atom. The Morgan fingerprint density at radius 1 is 0.964 bits per heavy atom. The molecule has 3 heterocycles. The first-order valence-electron chi connectivity index (χ1n) is 9.61. The monoisotopic (exact) mass is 387 g/mol. The number of hydrogen-bond donors (Lipinski definition) is 0. The van der Waals surface area contributed by atoms with Gasteiger partial charge in [-0.2, -0.15) is 5.10 Å². The van der Waals surface area contributed by atoms with Crippen molar-refractivity contribution in [2.45, 2.75) is 12.8 Å². The summed E-state index contributed by atoms with van der Waals surface area (Å²) in [5, 5.41) is 5.64. The van der Waals surface area contributed by atoms with Gasteiger partial charge in [0.1, 0.15) is 5.84 Å². The molecule has 0 amide bonds. The predicted molar refractivity (Wildman–Crippen MR) is 116 cm³/mol. The van der Waals surface area contributed by atoms with Crippen molar-refractivity contribution in [1.82, 2.24) is 14.7 Å². The zero-order chi connectivity index (χ0) is 18.8. The van der Waals surface area contributed by atoms with Crippen LogP contribution in [0.3, 0.4) is 0 Å². The Labute approximate surface area is 168 Å². The molecular weight excluding hydrogens is 366 g/mol. The number of hydrogen-bond acceptors (Lipinski definition) is 5. The van der Waals surface area contributed by atoms with E-state index in [0.29, 0.717) is 0 Å². The lowest BCUT2D eigenvalue weighted by Gasteiger charge is -2.32. The van der Waals surface area contributed by atoms with Crippen molar-refractivity contribution in [2.75, 3.05) is 18.8 Å². The second kappa shape index (κ2) is 7.64. The van der Waals surface area contributed by atoms with Crippen LogP contribution in [0, 0.1) is 0 Å². The fourth-order valence-electron chi connectivity index (χ4n) is 3.55. The molecule has 28 heavy (non-hydrogen) atoms. The van der Waals surface area contributed by atoms with Crippen LogP contribution in [-0.4, -0.2) is 44.5 Å². The molecule has 2 aromatic carbocycles. The van der Waals surface area contributed by atoms with Crippen LogP contribution < -0.4 is 0 Å². The minimum atomic E-state index is 0.865. The van der Waals surface area contributed by atoms with Crippen LogP contribution in [0.4, 0.5) is 5.82 Å². The van der Waals surface area contributed by atoms with Crippen LogP contribution in [0.25, 0.3) is 5.69 Å². The van der Waals surface area contributed by atoms with Crippen LogP contribution in [0.15, 0.2) is 76.8 Å². The molecule has 140 valence electrons. The lowest BCUT2D eigenvalue weighted by Crippen LogP contribution is -2.41. The number of thioether (sulfide) groups is 1. The molecule has 6 heteroatoms. The van der Waals surface area contributed by atoms with E-state index in [-0.39, 0.29) is 0 Å². The lowest BCUT2D eigenvalue weighted by atomic mass is 10.2. The van der Waals surface area contributed by atoms with Crippen molar-refractivity contribution in [2.24, 2.45) is 9.98 Å². The van der Waals surface area contributed by atoms with Gasteiger partial charge in [0, 0.05) is 18.8 Å². The third kappa shape index (κ3) is 3.24. The van der Waals surface area contributed by atoms with E-state index in [9.17, 15) is 0 Å². The molecule has 0 bridgehead atoms. The minimum absolute atomic E-state index is 0.865. The highest BCUT2D eigenvalue weighted by Crippen LogP contribution is 2.33. The standard InChI is InChI=1S/C22H21N5S/c1-3-8-17(9-4-1)12-15-28-22-25-21-19(20-23-13-7-14-26(20)22)16-24-27(21)18-10-5-2-6-11-18/h1-6,8-11,16H,7,12-15H2. The molecule has 0 aliphatic carbocycles. The molecule has 0 saturated heterocycles. The number of fused-ring (bicyclic) bond motifs is 3. The maximum atomic E-state index is 5.02. The maximum absolute atomic E-state index is 5.02. The number of aromatic nitrogens is 2. The normalized spacial score (nSPS) is 15.5. The zero-order valence-electron chi connectivity index (χ0n) is 15.5.